The van der Waals surface area contributed by atoms with Crippen LogP contribution in [0.4, 0.5) is 9.59 Å². The topological polar surface area (TPSA) is 105 Å². The van der Waals surface area contributed by atoms with E-state index in [1.165, 1.54) is 4.90 Å². The molecule has 8 nitrogen and oxygen atoms in total. The lowest BCUT2D eigenvalue weighted by atomic mass is 10.1. The van der Waals surface area contributed by atoms with Crippen molar-refractivity contribution in [3.8, 4) is 0 Å². The zero-order valence-corrected chi connectivity index (χ0v) is 15.2. The summed E-state index contributed by atoms with van der Waals surface area (Å²) in [6.45, 7) is 10.9. The van der Waals surface area contributed by atoms with Gasteiger partial charge in [-0.25, -0.2) is 14.4 Å². The highest BCUT2D eigenvalue weighted by atomic mass is 16.6. The van der Waals surface area contributed by atoms with Crippen LogP contribution in [0.5, 0.6) is 0 Å². The molecule has 2 atom stereocenters. The molecule has 2 amide bonds. The zero-order valence-electron chi connectivity index (χ0n) is 15.2. The number of ether oxygens (including phenoxy) is 2. The maximum Gasteiger partial charge on any atom is 0.411 e. The number of rotatable bonds is 3. The standard InChI is InChI=1S/C16H28N2O6/c1-15(2,3)23-13(21)17-8-10-7-11(12(19)20)18(9-10)14(22)24-16(4,5)6/h10-11H,7-9H2,1-6H3,(H,17,21)(H,19,20)/t10-,11+/m0/s1. The molecule has 0 aromatic carbocycles. The van der Waals surface area contributed by atoms with Crippen LogP contribution in [0.1, 0.15) is 48.0 Å². The molecule has 0 aromatic heterocycles. The number of carboxylic acid groups (broad SMARTS) is 1. The van der Waals surface area contributed by atoms with Gasteiger partial charge in [-0.1, -0.05) is 0 Å². The van der Waals surface area contributed by atoms with Crippen LogP contribution in [0.3, 0.4) is 0 Å². The number of alkyl carbamates (subject to hydrolysis) is 1. The van der Waals surface area contributed by atoms with Crippen molar-refractivity contribution < 1.29 is 29.0 Å². The highest BCUT2D eigenvalue weighted by molar-refractivity contribution is 5.81. The average molecular weight is 344 g/mol. The van der Waals surface area contributed by atoms with E-state index in [0.717, 1.165) is 0 Å². The average Bonchev–Trinajstić information content (AvgIpc) is 2.76. The largest absolute Gasteiger partial charge is 0.480 e. The van der Waals surface area contributed by atoms with Gasteiger partial charge in [-0.3, -0.25) is 4.90 Å². The van der Waals surface area contributed by atoms with Crippen LogP contribution in [0.2, 0.25) is 0 Å². The maximum atomic E-state index is 12.2. The van der Waals surface area contributed by atoms with Gasteiger partial charge in [0.15, 0.2) is 0 Å². The number of carboxylic acids is 1. The summed E-state index contributed by atoms with van der Waals surface area (Å²) in [6, 6.07) is -0.953. The fourth-order valence-electron chi connectivity index (χ4n) is 2.37. The van der Waals surface area contributed by atoms with Crippen LogP contribution in [0, 0.1) is 5.92 Å². The van der Waals surface area contributed by atoms with Gasteiger partial charge in [0, 0.05) is 13.1 Å². The number of hydrogen-bond donors (Lipinski definition) is 2. The molecule has 8 heteroatoms. The van der Waals surface area contributed by atoms with E-state index in [1.807, 2.05) is 0 Å². The van der Waals surface area contributed by atoms with Crippen molar-refractivity contribution in [2.45, 2.75) is 65.2 Å². The maximum absolute atomic E-state index is 12.2. The Hall–Kier alpha value is -1.99. The molecule has 1 aliphatic rings. The summed E-state index contributed by atoms with van der Waals surface area (Å²) in [7, 11) is 0. The van der Waals surface area contributed by atoms with Gasteiger partial charge in [-0.15, -0.1) is 0 Å². The van der Waals surface area contributed by atoms with Gasteiger partial charge < -0.3 is 19.9 Å². The molecule has 0 spiro atoms. The Morgan fingerprint density at radius 1 is 1.08 bits per heavy atom. The summed E-state index contributed by atoms with van der Waals surface area (Å²) in [6.07, 6.45) is -0.968. The van der Waals surface area contributed by atoms with Crippen LogP contribution in [0.25, 0.3) is 0 Å². The SMILES string of the molecule is CC(C)(C)OC(=O)NC[C@@H]1C[C@H](C(=O)O)N(C(=O)OC(C)(C)C)C1. The lowest BCUT2D eigenvalue weighted by Gasteiger charge is -2.26. The molecule has 1 heterocycles. The van der Waals surface area contributed by atoms with Crippen molar-refractivity contribution in [2.24, 2.45) is 5.92 Å². The number of carbonyl (C=O) groups is 3. The van der Waals surface area contributed by atoms with Gasteiger partial charge >= 0.3 is 18.2 Å². The summed E-state index contributed by atoms with van der Waals surface area (Å²) in [5, 5.41) is 11.9. The third-order valence-corrected chi connectivity index (χ3v) is 3.23. The fraction of sp³-hybridized carbons (Fsp3) is 0.812. The lowest BCUT2D eigenvalue weighted by Crippen LogP contribution is -2.43. The molecule has 0 radical (unpaired) electrons. The first-order valence-electron chi connectivity index (χ1n) is 7.98. The van der Waals surface area contributed by atoms with Crippen molar-refractivity contribution in [3.63, 3.8) is 0 Å². The van der Waals surface area contributed by atoms with Crippen molar-refractivity contribution >= 4 is 18.2 Å². The highest BCUT2D eigenvalue weighted by Crippen LogP contribution is 2.25. The first kappa shape index (κ1) is 20.1. The predicted molar refractivity (Wildman–Crippen MR) is 86.7 cm³/mol. The first-order chi connectivity index (χ1) is 10.8. The number of hydrogen-bond acceptors (Lipinski definition) is 5. The van der Waals surface area contributed by atoms with Crippen LogP contribution < -0.4 is 5.32 Å². The van der Waals surface area contributed by atoms with E-state index in [0.29, 0.717) is 0 Å². The summed E-state index contributed by atoms with van der Waals surface area (Å²) < 4.78 is 10.4. The Morgan fingerprint density at radius 3 is 2.08 bits per heavy atom. The lowest BCUT2D eigenvalue weighted by molar-refractivity contribution is -0.142. The van der Waals surface area contributed by atoms with E-state index in [1.54, 1.807) is 41.5 Å². The number of amides is 2. The van der Waals surface area contributed by atoms with Crippen LogP contribution in [-0.4, -0.2) is 58.5 Å². The molecular weight excluding hydrogens is 316 g/mol. The molecule has 1 aliphatic heterocycles. The number of likely N-dealkylation sites (tertiary alicyclic amines) is 1. The number of aliphatic carboxylic acids is 1. The van der Waals surface area contributed by atoms with E-state index in [9.17, 15) is 19.5 Å². The Labute approximate surface area is 142 Å². The monoisotopic (exact) mass is 344 g/mol. The predicted octanol–water partition coefficient (Wildman–Crippen LogP) is 2.22. The quantitative estimate of drug-likeness (QED) is 0.813. The van der Waals surface area contributed by atoms with Gasteiger partial charge in [0.1, 0.15) is 17.2 Å². The molecule has 24 heavy (non-hydrogen) atoms. The second-order valence-corrected chi connectivity index (χ2v) is 7.97. The van der Waals surface area contributed by atoms with Gasteiger partial charge in [0.05, 0.1) is 0 Å². The molecule has 0 saturated carbocycles. The molecule has 1 fully saturated rings. The summed E-state index contributed by atoms with van der Waals surface area (Å²) in [4.78, 5) is 36.4. The second-order valence-electron chi connectivity index (χ2n) is 7.97. The molecule has 2 N–H and O–H groups in total. The molecule has 0 unspecified atom stereocenters. The van der Waals surface area contributed by atoms with E-state index in [4.69, 9.17) is 9.47 Å². The molecule has 0 aliphatic carbocycles. The van der Waals surface area contributed by atoms with E-state index in [-0.39, 0.29) is 25.4 Å². The van der Waals surface area contributed by atoms with E-state index < -0.39 is 35.4 Å². The van der Waals surface area contributed by atoms with Gasteiger partial charge in [-0.2, -0.15) is 0 Å². The van der Waals surface area contributed by atoms with Crippen molar-refractivity contribution in [1.82, 2.24) is 10.2 Å². The smallest absolute Gasteiger partial charge is 0.411 e. The number of nitrogens with zero attached hydrogens (tertiary/aromatic N) is 1. The first-order valence-corrected chi connectivity index (χ1v) is 7.98. The zero-order chi connectivity index (χ0) is 18.7. The normalized spacial score (nSPS) is 21.3. The molecule has 1 rings (SSSR count). The summed E-state index contributed by atoms with van der Waals surface area (Å²) in [5.41, 5.74) is -1.31. The third kappa shape index (κ3) is 6.64. The minimum Gasteiger partial charge on any atom is -0.480 e. The van der Waals surface area contributed by atoms with Crippen molar-refractivity contribution in [3.05, 3.63) is 0 Å². The van der Waals surface area contributed by atoms with E-state index >= 15 is 0 Å². The van der Waals surface area contributed by atoms with Gasteiger partial charge in [0.25, 0.3) is 0 Å². The molecule has 0 bridgehead atoms. The van der Waals surface area contributed by atoms with Crippen LogP contribution >= 0.6 is 0 Å². The van der Waals surface area contributed by atoms with Crippen molar-refractivity contribution in [2.75, 3.05) is 13.1 Å². The van der Waals surface area contributed by atoms with Gasteiger partial charge in [0.2, 0.25) is 0 Å². The van der Waals surface area contributed by atoms with E-state index in [2.05, 4.69) is 5.32 Å². The van der Waals surface area contributed by atoms with Crippen molar-refractivity contribution in [1.29, 1.82) is 0 Å². The molecular formula is C16H28N2O6. The summed E-state index contributed by atoms with van der Waals surface area (Å²) >= 11 is 0. The Kier molecular flexibility index (Phi) is 6.08. The number of carbonyl (C=O) groups excluding carboxylic acids is 2. The molecule has 138 valence electrons. The van der Waals surface area contributed by atoms with Crippen LogP contribution in [0.15, 0.2) is 0 Å². The Morgan fingerprint density at radius 2 is 1.62 bits per heavy atom. The summed E-state index contributed by atoms with van der Waals surface area (Å²) in [5.74, 6) is -1.26. The highest BCUT2D eigenvalue weighted by Gasteiger charge is 2.41. The molecule has 1 saturated heterocycles. The minimum absolute atomic E-state index is 0.175. The third-order valence-electron chi connectivity index (χ3n) is 3.23. The molecule has 0 aromatic rings. The fourth-order valence-corrected chi connectivity index (χ4v) is 2.37. The Bertz CT molecular complexity index is 492. The van der Waals surface area contributed by atoms with Gasteiger partial charge in [-0.05, 0) is 53.9 Å². The second kappa shape index (κ2) is 7.27. The minimum atomic E-state index is -1.08. The Balaban J connectivity index is 2.63. The van der Waals surface area contributed by atoms with Crippen LogP contribution in [-0.2, 0) is 14.3 Å². The number of nitrogens with one attached hydrogen (secondary N) is 1.